The smallest absolute Gasteiger partial charge is 0.240 e. The largest absolute Gasteiger partial charge is 0.396 e. The molecular formula is C11H11ClN2O2. The fourth-order valence-electron chi connectivity index (χ4n) is 1.68. The van der Waals surface area contributed by atoms with Crippen LogP contribution in [-0.4, -0.2) is 23.3 Å². The molecule has 1 aliphatic rings. The Bertz CT molecular complexity index is 445. The Kier molecular flexibility index (Phi) is 3.22. The molecular weight excluding hydrogens is 228 g/mol. The van der Waals surface area contributed by atoms with E-state index in [2.05, 4.69) is 10.5 Å². The van der Waals surface area contributed by atoms with Gasteiger partial charge in [-0.15, -0.1) is 0 Å². The first kappa shape index (κ1) is 11.1. The zero-order valence-electron chi connectivity index (χ0n) is 8.48. The average molecular weight is 239 g/mol. The van der Waals surface area contributed by atoms with Crippen molar-refractivity contribution in [3.8, 4) is 0 Å². The predicted molar refractivity (Wildman–Crippen MR) is 61.3 cm³/mol. The zero-order chi connectivity index (χ0) is 11.5. The second-order valence-corrected chi connectivity index (χ2v) is 4.00. The van der Waals surface area contributed by atoms with Gasteiger partial charge in [-0.3, -0.25) is 4.79 Å². The van der Waals surface area contributed by atoms with E-state index in [0.717, 1.165) is 5.56 Å². The van der Waals surface area contributed by atoms with Gasteiger partial charge in [0.25, 0.3) is 0 Å². The van der Waals surface area contributed by atoms with Gasteiger partial charge in [-0.25, -0.2) is 5.43 Å². The van der Waals surface area contributed by atoms with Gasteiger partial charge >= 0.3 is 0 Å². The molecule has 1 heterocycles. The van der Waals surface area contributed by atoms with Crippen LogP contribution in [0.1, 0.15) is 12.0 Å². The first-order valence-electron chi connectivity index (χ1n) is 4.94. The minimum Gasteiger partial charge on any atom is -0.396 e. The zero-order valence-corrected chi connectivity index (χ0v) is 9.24. The third-order valence-corrected chi connectivity index (χ3v) is 2.82. The number of halogens is 1. The SMILES string of the molecule is O=C1CC(CO)C(c2ccccc2Cl)=NN1. The van der Waals surface area contributed by atoms with Gasteiger partial charge in [-0.2, -0.15) is 5.10 Å². The van der Waals surface area contributed by atoms with Crippen LogP contribution in [0.4, 0.5) is 0 Å². The molecule has 0 spiro atoms. The van der Waals surface area contributed by atoms with Crippen molar-refractivity contribution < 1.29 is 9.90 Å². The molecule has 1 aromatic carbocycles. The van der Waals surface area contributed by atoms with E-state index >= 15 is 0 Å². The number of nitrogens with zero attached hydrogens (tertiary/aromatic N) is 1. The summed E-state index contributed by atoms with van der Waals surface area (Å²) >= 11 is 6.04. The Hall–Kier alpha value is -1.39. The molecule has 0 radical (unpaired) electrons. The molecule has 0 aliphatic carbocycles. The molecule has 2 N–H and O–H groups in total. The number of nitrogens with one attached hydrogen (secondary N) is 1. The molecule has 0 aromatic heterocycles. The molecule has 0 fully saturated rings. The van der Waals surface area contributed by atoms with Crippen LogP contribution < -0.4 is 5.43 Å². The number of carbonyl (C=O) groups excluding carboxylic acids is 1. The molecule has 84 valence electrons. The third kappa shape index (κ3) is 2.08. The van der Waals surface area contributed by atoms with Crippen LogP contribution in [0.2, 0.25) is 5.02 Å². The summed E-state index contributed by atoms with van der Waals surface area (Å²) in [6.45, 7) is -0.114. The van der Waals surface area contributed by atoms with Gasteiger partial charge in [-0.05, 0) is 6.07 Å². The minimum atomic E-state index is -0.284. The molecule has 0 bridgehead atoms. The average Bonchev–Trinajstić information content (AvgIpc) is 2.30. The van der Waals surface area contributed by atoms with E-state index in [9.17, 15) is 9.90 Å². The molecule has 2 rings (SSSR count). The van der Waals surface area contributed by atoms with Crippen molar-refractivity contribution in [2.45, 2.75) is 6.42 Å². The number of aliphatic hydroxyl groups excluding tert-OH is 1. The standard InChI is InChI=1S/C11H11ClN2O2/c12-9-4-2-1-3-8(9)11-7(6-15)5-10(16)13-14-11/h1-4,7,15H,5-6H2,(H,13,16). The van der Waals surface area contributed by atoms with E-state index in [1.165, 1.54) is 0 Å². The number of hydrogen-bond donors (Lipinski definition) is 2. The second kappa shape index (κ2) is 4.63. The molecule has 0 saturated carbocycles. The van der Waals surface area contributed by atoms with E-state index in [-0.39, 0.29) is 24.9 Å². The van der Waals surface area contributed by atoms with Crippen LogP contribution in [0, 0.1) is 5.92 Å². The van der Waals surface area contributed by atoms with Crippen LogP contribution in [0.15, 0.2) is 29.4 Å². The monoisotopic (exact) mass is 238 g/mol. The van der Waals surface area contributed by atoms with Crippen molar-refractivity contribution in [2.75, 3.05) is 6.61 Å². The lowest BCUT2D eigenvalue weighted by Gasteiger charge is -2.21. The Labute approximate surface area is 97.9 Å². The van der Waals surface area contributed by atoms with Crippen molar-refractivity contribution >= 4 is 23.2 Å². The number of benzene rings is 1. The predicted octanol–water partition coefficient (Wildman–Crippen LogP) is 1.17. The lowest BCUT2D eigenvalue weighted by atomic mass is 9.93. The quantitative estimate of drug-likeness (QED) is 0.813. The lowest BCUT2D eigenvalue weighted by Crippen LogP contribution is -2.35. The van der Waals surface area contributed by atoms with Crippen LogP contribution in [0.3, 0.4) is 0 Å². The highest BCUT2D eigenvalue weighted by Gasteiger charge is 2.25. The molecule has 16 heavy (non-hydrogen) atoms. The lowest BCUT2D eigenvalue weighted by molar-refractivity contribution is -0.122. The fourth-order valence-corrected chi connectivity index (χ4v) is 1.91. The van der Waals surface area contributed by atoms with Crippen molar-refractivity contribution in [3.05, 3.63) is 34.9 Å². The minimum absolute atomic E-state index is 0.114. The van der Waals surface area contributed by atoms with Crippen LogP contribution >= 0.6 is 11.6 Å². The van der Waals surface area contributed by atoms with E-state index in [4.69, 9.17) is 11.6 Å². The summed E-state index contributed by atoms with van der Waals surface area (Å²) in [5, 5.41) is 13.8. The van der Waals surface area contributed by atoms with Gasteiger partial charge in [-0.1, -0.05) is 29.8 Å². The number of rotatable bonds is 2. The maximum Gasteiger partial charge on any atom is 0.240 e. The molecule has 1 atom stereocenters. The Morgan fingerprint density at radius 2 is 2.25 bits per heavy atom. The summed E-state index contributed by atoms with van der Waals surface area (Å²) < 4.78 is 0. The molecule has 1 aliphatic heterocycles. The number of aliphatic hydroxyl groups is 1. The summed E-state index contributed by atoms with van der Waals surface area (Å²) in [6, 6.07) is 7.24. The number of hydrogen-bond acceptors (Lipinski definition) is 3. The van der Waals surface area contributed by atoms with Crippen molar-refractivity contribution in [1.29, 1.82) is 0 Å². The van der Waals surface area contributed by atoms with Gasteiger partial charge in [0.2, 0.25) is 5.91 Å². The molecule has 0 saturated heterocycles. The molecule has 5 heteroatoms. The number of hydrazone groups is 1. The van der Waals surface area contributed by atoms with E-state index < -0.39 is 0 Å². The topological polar surface area (TPSA) is 61.7 Å². The third-order valence-electron chi connectivity index (χ3n) is 2.49. The Morgan fingerprint density at radius 1 is 1.50 bits per heavy atom. The Balaban J connectivity index is 2.39. The summed E-state index contributed by atoms with van der Waals surface area (Å²) in [6.07, 6.45) is 0.237. The van der Waals surface area contributed by atoms with Gasteiger partial charge in [0.15, 0.2) is 0 Å². The van der Waals surface area contributed by atoms with Gasteiger partial charge in [0.1, 0.15) is 0 Å². The number of carbonyl (C=O) groups is 1. The van der Waals surface area contributed by atoms with Crippen LogP contribution in [0.5, 0.6) is 0 Å². The van der Waals surface area contributed by atoms with Crippen LogP contribution in [0.25, 0.3) is 0 Å². The second-order valence-electron chi connectivity index (χ2n) is 3.60. The summed E-state index contributed by atoms with van der Waals surface area (Å²) in [5.74, 6) is -0.469. The molecule has 1 aromatic rings. The number of amides is 1. The van der Waals surface area contributed by atoms with Gasteiger partial charge in [0, 0.05) is 22.9 Å². The van der Waals surface area contributed by atoms with E-state index in [0.29, 0.717) is 10.7 Å². The van der Waals surface area contributed by atoms with Crippen molar-refractivity contribution in [3.63, 3.8) is 0 Å². The normalized spacial score (nSPS) is 20.2. The fraction of sp³-hybridized carbons (Fsp3) is 0.273. The first-order valence-corrected chi connectivity index (χ1v) is 5.32. The van der Waals surface area contributed by atoms with E-state index in [1.54, 1.807) is 6.07 Å². The highest BCUT2D eigenvalue weighted by molar-refractivity contribution is 6.34. The van der Waals surface area contributed by atoms with Crippen molar-refractivity contribution in [2.24, 2.45) is 11.0 Å². The van der Waals surface area contributed by atoms with E-state index in [1.807, 2.05) is 18.2 Å². The van der Waals surface area contributed by atoms with Crippen LogP contribution in [-0.2, 0) is 4.79 Å². The molecule has 1 amide bonds. The summed E-state index contributed by atoms with van der Waals surface area (Å²) in [4.78, 5) is 11.1. The summed E-state index contributed by atoms with van der Waals surface area (Å²) in [5.41, 5.74) is 3.79. The molecule has 4 nitrogen and oxygen atoms in total. The maximum absolute atomic E-state index is 11.1. The first-order chi connectivity index (χ1) is 7.72. The highest BCUT2D eigenvalue weighted by atomic mass is 35.5. The van der Waals surface area contributed by atoms with Crippen molar-refractivity contribution in [1.82, 2.24) is 5.43 Å². The highest BCUT2D eigenvalue weighted by Crippen LogP contribution is 2.22. The summed E-state index contributed by atoms with van der Waals surface area (Å²) in [7, 11) is 0. The molecule has 1 unspecified atom stereocenters. The van der Waals surface area contributed by atoms with Gasteiger partial charge < -0.3 is 5.11 Å². The Morgan fingerprint density at radius 3 is 2.94 bits per heavy atom. The van der Waals surface area contributed by atoms with Gasteiger partial charge in [0.05, 0.1) is 12.3 Å². The maximum atomic E-state index is 11.1.